The van der Waals surface area contributed by atoms with Crippen molar-refractivity contribution in [2.75, 3.05) is 12.3 Å². The van der Waals surface area contributed by atoms with E-state index in [4.69, 9.17) is 9.31 Å². The van der Waals surface area contributed by atoms with E-state index in [2.05, 4.69) is 71.9 Å². The third-order valence-electron chi connectivity index (χ3n) is 7.35. The predicted octanol–water partition coefficient (Wildman–Crippen LogP) is 3.97. The predicted molar refractivity (Wildman–Crippen MR) is 95.6 cm³/mol. The van der Waals surface area contributed by atoms with Gasteiger partial charge in [-0.1, -0.05) is 18.2 Å². The van der Waals surface area contributed by atoms with E-state index in [9.17, 15) is 0 Å². The van der Waals surface area contributed by atoms with Crippen molar-refractivity contribution in [1.82, 2.24) is 0 Å². The summed E-state index contributed by atoms with van der Waals surface area (Å²) in [4.78, 5) is 0. The lowest BCUT2D eigenvalue weighted by Crippen LogP contribution is -2.76. The quantitative estimate of drug-likeness (QED) is 0.607. The Kier molecular flexibility index (Phi) is 2.76. The Bertz CT molecular complexity index is 601. The smallest absolute Gasteiger partial charge is 0.403 e. The van der Waals surface area contributed by atoms with E-state index in [1.807, 2.05) is 0 Å². The van der Waals surface area contributed by atoms with E-state index in [0.29, 0.717) is 5.16 Å². The summed E-state index contributed by atoms with van der Waals surface area (Å²) in [5.74, 6) is 0. The Morgan fingerprint density at radius 1 is 0.864 bits per heavy atom. The van der Waals surface area contributed by atoms with Gasteiger partial charge in [0.05, 0.1) is 41.2 Å². The molecule has 1 aromatic rings. The highest BCUT2D eigenvalue weighted by Crippen LogP contribution is 3.00. The molecule has 22 heavy (non-hydrogen) atoms. The van der Waals surface area contributed by atoms with Crippen LogP contribution in [0.3, 0.4) is 0 Å². The largest absolute Gasteiger partial charge is 0.476 e. The molecule has 2 bridgehead atoms. The maximum Gasteiger partial charge on any atom is 0.476 e. The van der Waals surface area contributed by atoms with E-state index in [1.165, 1.54) is 12.3 Å². The van der Waals surface area contributed by atoms with Gasteiger partial charge in [0.1, 0.15) is 5.31 Å². The zero-order chi connectivity index (χ0) is 16.0. The van der Waals surface area contributed by atoms with E-state index in [-0.39, 0.29) is 23.6 Å². The minimum absolute atomic E-state index is 0.0434. The first-order valence-corrected chi connectivity index (χ1v) is 10.5. The molecule has 2 nitrogen and oxygen atoms in total. The van der Waals surface area contributed by atoms with Crippen molar-refractivity contribution in [3.8, 4) is 0 Å². The fourth-order valence-corrected chi connectivity index (χ4v) is 10.7. The minimum Gasteiger partial charge on any atom is -0.403 e. The van der Waals surface area contributed by atoms with Crippen LogP contribution in [0.25, 0.3) is 0 Å². The molecule has 0 aliphatic carbocycles. The van der Waals surface area contributed by atoms with Gasteiger partial charge < -0.3 is 9.31 Å². The highest BCUT2D eigenvalue weighted by atomic mass is 31.2. The Morgan fingerprint density at radius 2 is 1.36 bits per heavy atom. The van der Waals surface area contributed by atoms with Crippen LogP contribution in [-0.2, 0) is 9.31 Å². The molecular weight excluding hydrogens is 290 g/mol. The summed E-state index contributed by atoms with van der Waals surface area (Å²) in [5.41, 5.74) is -0.441. The summed E-state index contributed by atoms with van der Waals surface area (Å²) in [7, 11) is -1.06. The molecule has 118 valence electrons. The first kappa shape index (κ1) is 15.2. The number of hydrogen-bond acceptors (Lipinski definition) is 2. The van der Waals surface area contributed by atoms with Crippen molar-refractivity contribution >= 4 is 19.7 Å². The van der Waals surface area contributed by atoms with Gasteiger partial charge in [-0.3, -0.25) is 0 Å². The van der Waals surface area contributed by atoms with E-state index in [1.54, 1.807) is 5.30 Å². The Hall–Kier alpha value is -0.365. The maximum atomic E-state index is 6.42. The lowest BCUT2D eigenvalue weighted by Gasteiger charge is -2.74. The summed E-state index contributed by atoms with van der Waals surface area (Å²) in [6, 6.07) is 11.2. The average Bonchev–Trinajstić information content (AvgIpc) is 2.58. The van der Waals surface area contributed by atoms with Gasteiger partial charge in [-0.05, 0) is 53.7 Å². The van der Waals surface area contributed by atoms with Gasteiger partial charge in [-0.15, -0.1) is 0 Å². The summed E-state index contributed by atoms with van der Waals surface area (Å²) in [5, 5.41) is 2.16. The normalized spacial score (nSPS) is 40.0. The topological polar surface area (TPSA) is 18.5 Å². The second kappa shape index (κ2) is 3.99. The molecule has 5 rings (SSSR count). The monoisotopic (exact) mass is 317 g/mol. The zero-order valence-electron chi connectivity index (χ0n) is 14.6. The van der Waals surface area contributed by atoms with Gasteiger partial charge in [0.25, 0.3) is 0 Å². The lowest BCUT2D eigenvalue weighted by atomic mass is 9.51. The van der Waals surface area contributed by atoms with Gasteiger partial charge >= 0.3 is 7.12 Å². The van der Waals surface area contributed by atoms with Gasteiger partial charge in [-0.2, -0.15) is 0 Å². The summed E-state index contributed by atoms with van der Waals surface area (Å²) < 4.78 is 12.8. The number of hydrogen-bond donors (Lipinski definition) is 0. The SMILES string of the molecule is CC1(C)OB(C23C[P+](c4ccccc4)(C2)C3(C)C)OC1(C)C. The summed E-state index contributed by atoms with van der Waals surface area (Å²) >= 11 is 0. The van der Waals surface area contributed by atoms with Gasteiger partial charge in [-0.25, -0.2) is 0 Å². The Labute approximate surface area is 135 Å². The molecule has 0 amide bonds. The standard InChI is InChI=1S/C18H27BO2P/c1-15(2)16(3,4)21-19(20-15)18-12-22(13-18,17(18,5)6)14-10-8-7-9-11-14/h7-11H,12-13H2,1-6H3/q+1. The van der Waals surface area contributed by atoms with Crippen LogP contribution >= 0.6 is 7.26 Å². The van der Waals surface area contributed by atoms with Crippen molar-refractivity contribution in [2.24, 2.45) is 0 Å². The maximum absolute atomic E-state index is 6.42. The van der Waals surface area contributed by atoms with E-state index in [0.717, 1.165) is 0 Å². The third-order valence-corrected chi connectivity index (χ3v) is 13.4. The van der Waals surface area contributed by atoms with E-state index < -0.39 is 7.26 Å². The molecule has 4 heteroatoms. The molecule has 0 atom stereocenters. The molecule has 0 unspecified atom stereocenters. The van der Waals surface area contributed by atoms with Gasteiger partial charge in [0.2, 0.25) is 0 Å². The second-order valence-corrected chi connectivity index (χ2v) is 13.1. The van der Waals surface area contributed by atoms with Crippen LogP contribution in [0, 0.1) is 0 Å². The first-order chi connectivity index (χ1) is 10.1. The molecular formula is C18H27BO2P+. The molecule has 4 aliphatic rings. The fraction of sp³-hybridized carbons (Fsp3) is 0.667. The number of rotatable bonds is 2. The fourth-order valence-electron chi connectivity index (χ4n) is 4.67. The summed E-state index contributed by atoms with van der Waals surface area (Å²) in [6.45, 7) is 13.5. The third kappa shape index (κ3) is 1.45. The van der Waals surface area contributed by atoms with Crippen molar-refractivity contribution in [3.05, 3.63) is 30.3 Å². The van der Waals surface area contributed by atoms with Crippen molar-refractivity contribution in [2.45, 2.75) is 63.2 Å². The van der Waals surface area contributed by atoms with Crippen LogP contribution in [0.4, 0.5) is 0 Å². The first-order valence-electron chi connectivity index (χ1n) is 8.37. The molecule has 4 aliphatic heterocycles. The molecule has 4 heterocycles. The average molecular weight is 317 g/mol. The van der Waals surface area contributed by atoms with Crippen LogP contribution < -0.4 is 5.30 Å². The minimum atomic E-state index is -1.02. The van der Waals surface area contributed by atoms with Gasteiger partial charge in [0, 0.05) is 0 Å². The van der Waals surface area contributed by atoms with Crippen molar-refractivity contribution in [1.29, 1.82) is 0 Å². The van der Waals surface area contributed by atoms with Crippen LogP contribution in [-0.4, -0.2) is 35.8 Å². The van der Waals surface area contributed by atoms with Crippen LogP contribution in [0.5, 0.6) is 0 Å². The Balaban J connectivity index is 1.64. The highest BCUT2D eigenvalue weighted by Gasteiger charge is 2.94. The molecule has 4 fully saturated rings. The Morgan fingerprint density at radius 3 is 1.82 bits per heavy atom. The van der Waals surface area contributed by atoms with E-state index >= 15 is 0 Å². The zero-order valence-corrected chi connectivity index (χ0v) is 15.5. The molecule has 0 saturated carbocycles. The molecule has 4 saturated heterocycles. The summed E-state index contributed by atoms with van der Waals surface area (Å²) in [6.07, 6.45) is 2.60. The molecule has 0 N–H and O–H groups in total. The highest BCUT2D eigenvalue weighted by molar-refractivity contribution is 7.89. The van der Waals surface area contributed by atoms with Gasteiger partial charge in [0.15, 0.2) is 0 Å². The molecule has 1 aromatic carbocycles. The van der Waals surface area contributed by atoms with Crippen molar-refractivity contribution < 1.29 is 9.31 Å². The molecule has 0 radical (unpaired) electrons. The molecule has 0 spiro atoms. The van der Waals surface area contributed by atoms with Crippen LogP contribution in [0.2, 0.25) is 5.31 Å². The second-order valence-electron chi connectivity index (χ2n) is 8.92. The lowest BCUT2D eigenvalue weighted by molar-refractivity contribution is 0.00578. The van der Waals surface area contributed by atoms with Crippen LogP contribution in [0.15, 0.2) is 30.3 Å². The number of benzene rings is 1. The van der Waals surface area contributed by atoms with Crippen LogP contribution in [0.1, 0.15) is 41.5 Å². The van der Waals surface area contributed by atoms with Crippen molar-refractivity contribution in [3.63, 3.8) is 0 Å². The molecule has 0 aromatic heterocycles.